The van der Waals surface area contributed by atoms with Crippen LogP contribution in [-0.2, 0) is 27.5 Å². The first kappa shape index (κ1) is 47.9. The molecule has 0 aromatic heterocycles. The van der Waals surface area contributed by atoms with Crippen LogP contribution < -0.4 is 9.47 Å². The molecular weight excluding hydrogens is 874 g/mol. The number of nitrogens with zero attached hydrogens (tertiary/aromatic N) is 3. The van der Waals surface area contributed by atoms with Crippen LogP contribution in [0.1, 0.15) is 80.4 Å². The van der Waals surface area contributed by atoms with E-state index in [4.69, 9.17) is 24.2 Å². The minimum Gasteiger partial charge on any atom is -0.493 e. The number of unbranched alkanes of at least 4 members (excludes halogenated alkanes) is 2. The van der Waals surface area contributed by atoms with Gasteiger partial charge < -0.3 is 34.2 Å². The highest BCUT2D eigenvalue weighted by molar-refractivity contribution is 7.99. The molecule has 1 heterocycles. The van der Waals surface area contributed by atoms with Gasteiger partial charge in [-0.15, -0.1) is 18.3 Å². The second kappa shape index (κ2) is 22.5. The van der Waals surface area contributed by atoms with Crippen LogP contribution in [0.3, 0.4) is 0 Å². The van der Waals surface area contributed by atoms with Crippen molar-refractivity contribution in [2.75, 3.05) is 32.2 Å². The lowest BCUT2D eigenvalue weighted by atomic mass is 9.55. The average Bonchev–Trinajstić information content (AvgIpc) is 4.20. The second-order valence-electron chi connectivity index (χ2n) is 17.8. The fourth-order valence-corrected chi connectivity index (χ4v) is 10.9. The van der Waals surface area contributed by atoms with Gasteiger partial charge in [0, 0.05) is 66.4 Å². The standard InChI is InChI=1S/C53H60FN3O9S/c1-2-28-64-53-49(56(52(60)38-18-19-38)34-36-14-20-40(54)21-15-36)33-47(55-65-35-37-16-22-41(23-17-37)57(61)62)45-31-39(10-6-8-26-58)44(13-7-9-27-59)50(51(45)53)46-32-42(24-25-48(46)66-53)63-29-30-67-43-11-4-3-5-12-43/h2-5,11-12,14-17,20-25,31-32,38-39,44,49-51,58-59H,1,6-10,13,18-19,26-30,33-35H2/t39-,44+,49-,50+,51+,53+/m0/s1. The Balaban J connectivity index is 1.27. The molecule has 0 unspecified atom stereocenters. The predicted octanol–water partition coefficient (Wildman–Crippen LogP) is 10.2. The van der Waals surface area contributed by atoms with Gasteiger partial charge >= 0.3 is 0 Å². The summed E-state index contributed by atoms with van der Waals surface area (Å²) in [6.45, 7) is 4.98. The zero-order valence-corrected chi connectivity index (χ0v) is 38.6. The van der Waals surface area contributed by atoms with Gasteiger partial charge in [-0.1, -0.05) is 60.5 Å². The fraction of sp³-hybridized carbons (Fsp3) is 0.434. The summed E-state index contributed by atoms with van der Waals surface area (Å²) in [5.74, 6) is -0.739. The molecule has 354 valence electrons. The Hall–Kier alpha value is -5.54. The molecule has 4 aromatic carbocycles. The van der Waals surface area contributed by atoms with Crippen LogP contribution in [0.15, 0.2) is 131 Å². The van der Waals surface area contributed by atoms with Crippen LogP contribution >= 0.6 is 11.8 Å². The molecule has 0 radical (unpaired) electrons. The lowest BCUT2D eigenvalue weighted by Crippen LogP contribution is -2.70. The first-order valence-electron chi connectivity index (χ1n) is 23.5. The molecule has 4 aromatic rings. The molecule has 0 spiro atoms. The van der Waals surface area contributed by atoms with E-state index in [1.807, 2.05) is 35.2 Å². The summed E-state index contributed by atoms with van der Waals surface area (Å²) < 4.78 is 35.4. The summed E-state index contributed by atoms with van der Waals surface area (Å²) in [6.07, 6.45) is 10.1. The number of hydrogen-bond acceptors (Lipinski definition) is 11. The largest absolute Gasteiger partial charge is 0.493 e. The Morgan fingerprint density at radius 2 is 1.70 bits per heavy atom. The van der Waals surface area contributed by atoms with E-state index in [1.54, 1.807) is 42.1 Å². The number of nitro groups is 1. The van der Waals surface area contributed by atoms with Crippen molar-refractivity contribution in [1.29, 1.82) is 0 Å². The van der Waals surface area contributed by atoms with Crippen molar-refractivity contribution >= 4 is 29.1 Å². The highest BCUT2D eigenvalue weighted by Gasteiger charge is 2.66. The summed E-state index contributed by atoms with van der Waals surface area (Å²) in [6, 6.07) is 27.8. The maximum atomic E-state index is 14.9. The number of carbonyl (C=O) groups excluding carboxylic acids is 1. The topological polar surface area (TPSA) is 153 Å². The normalized spacial score (nSPS) is 23.3. The molecular formula is C53H60FN3O9S. The molecule has 3 aliphatic carbocycles. The summed E-state index contributed by atoms with van der Waals surface area (Å²) in [5, 5.41) is 36.3. The van der Waals surface area contributed by atoms with Gasteiger partial charge in [-0.25, -0.2) is 4.39 Å². The van der Waals surface area contributed by atoms with Gasteiger partial charge in [-0.05, 0) is 122 Å². The van der Waals surface area contributed by atoms with Gasteiger partial charge in [-0.2, -0.15) is 0 Å². The number of ether oxygens (including phenoxy) is 3. The zero-order chi connectivity index (χ0) is 46.8. The molecule has 2 saturated carbocycles. The van der Waals surface area contributed by atoms with Crippen LogP contribution in [-0.4, -0.2) is 75.7 Å². The molecule has 1 amide bonds. The third kappa shape index (κ3) is 11.3. The van der Waals surface area contributed by atoms with Crippen molar-refractivity contribution in [1.82, 2.24) is 4.90 Å². The minimum absolute atomic E-state index is 0.0166. The Morgan fingerprint density at radius 1 is 0.970 bits per heavy atom. The van der Waals surface area contributed by atoms with Gasteiger partial charge in [0.2, 0.25) is 11.7 Å². The van der Waals surface area contributed by atoms with E-state index in [2.05, 4.69) is 30.9 Å². The maximum Gasteiger partial charge on any atom is 0.269 e. The smallest absolute Gasteiger partial charge is 0.269 e. The van der Waals surface area contributed by atoms with E-state index in [-0.39, 0.29) is 80.5 Å². The molecule has 2 N–H and O–H groups in total. The number of nitro benzene ring substituents is 1. The molecule has 2 fully saturated rings. The molecule has 67 heavy (non-hydrogen) atoms. The quantitative estimate of drug-likeness (QED) is 0.0228. The highest BCUT2D eigenvalue weighted by Crippen LogP contribution is 2.62. The van der Waals surface area contributed by atoms with Crippen molar-refractivity contribution in [3.8, 4) is 11.5 Å². The molecule has 6 atom stereocenters. The molecule has 12 nitrogen and oxygen atoms in total. The van der Waals surface area contributed by atoms with Gasteiger partial charge in [0.25, 0.3) is 5.69 Å². The number of carbonyl (C=O) groups is 1. The number of non-ortho nitro benzene ring substituents is 1. The fourth-order valence-electron chi connectivity index (χ4n) is 10.2. The monoisotopic (exact) mass is 933 g/mol. The van der Waals surface area contributed by atoms with Crippen molar-refractivity contribution in [3.05, 3.63) is 154 Å². The lowest BCUT2D eigenvalue weighted by Gasteiger charge is -2.60. The van der Waals surface area contributed by atoms with Gasteiger partial charge in [0.1, 0.15) is 30.0 Å². The Morgan fingerprint density at radius 3 is 2.40 bits per heavy atom. The molecule has 8 rings (SSSR count). The number of aliphatic hydroxyl groups is 2. The number of hydrogen-bond donors (Lipinski definition) is 2. The average molecular weight is 934 g/mol. The first-order chi connectivity index (χ1) is 32.7. The van der Waals surface area contributed by atoms with Crippen molar-refractivity contribution in [2.45, 2.75) is 93.6 Å². The van der Waals surface area contributed by atoms with Crippen LogP contribution in [0.2, 0.25) is 0 Å². The van der Waals surface area contributed by atoms with Crippen LogP contribution in [0.4, 0.5) is 10.1 Å². The van der Waals surface area contributed by atoms with Crippen LogP contribution in [0.25, 0.3) is 0 Å². The van der Waals surface area contributed by atoms with Crippen molar-refractivity contribution in [3.63, 3.8) is 0 Å². The van der Waals surface area contributed by atoms with Gasteiger partial charge in [-0.3, -0.25) is 14.9 Å². The predicted molar refractivity (Wildman–Crippen MR) is 255 cm³/mol. The molecule has 4 aliphatic rings. The Kier molecular flexibility index (Phi) is 16.1. The summed E-state index contributed by atoms with van der Waals surface area (Å²) in [5.41, 5.74) is 3.88. The van der Waals surface area contributed by atoms with Crippen LogP contribution in [0, 0.1) is 39.6 Å². The van der Waals surface area contributed by atoms with E-state index >= 15 is 0 Å². The first-order valence-corrected chi connectivity index (χ1v) is 24.5. The third-order valence-electron chi connectivity index (χ3n) is 13.4. The molecule has 1 aliphatic heterocycles. The second-order valence-corrected chi connectivity index (χ2v) is 19.0. The van der Waals surface area contributed by atoms with Gasteiger partial charge in [0.15, 0.2) is 0 Å². The Labute approximate surface area is 396 Å². The SMILES string of the molecule is C=CCO[C@@]12Oc3ccc(OCCSc4ccccc4)cc3[C@H]3[C@H](CCCCO)[C@@H](CCCCO)C=C(C(=NOCc4ccc([N+](=O)[O-])cc4)C[C@@H]1N(Cc1ccc(F)cc1)C(=O)C1CC1)[C@H]32. The third-order valence-corrected chi connectivity index (χ3v) is 14.4. The summed E-state index contributed by atoms with van der Waals surface area (Å²) in [7, 11) is 0. The number of thioether (sulfide) groups is 1. The zero-order valence-electron chi connectivity index (χ0n) is 37.8. The van der Waals surface area contributed by atoms with E-state index in [0.717, 1.165) is 65.9 Å². The molecule has 0 saturated heterocycles. The minimum atomic E-state index is -1.46. The van der Waals surface area contributed by atoms with Crippen molar-refractivity contribution < 1.29 is 43.4 Å². The van der Waals surface area contributed by atoms with E-state index in [9.17, 15) is 29.5 Å². The number of rotatable bonds is 24. The number of amides is 1. The number of fused-ring (bicyclic) bond motifs is 2. The molecule has 14 heteroatoms. The molecule has 0 bridgehead atoms. The van der Waals surface area contributed by atoms with Crippen molar-refractivity contribution in [2.24, 2.45) is 28.8 Å². The summed E-state index contributed by atoms with van der Waals surface area (Å²) in [4.78, 5) is 35.0. The van der Waals surface area contributed by atoms with Gasteiger partial charge in [0.05, 0.1) is 29.8 Å². The van der Waals surface area contributed by atoms with E-state index in [1.165, 1.54) is 24.3 Å². The van der Waals surface area contributed by atoms with E-state index < -0.39 is 22.7 Å². The Bertz CT molecular complexity index is 2380. The highest BCUT2D eigenvalue weighted by atomic mass is 32.2. The number of allylic oxidation sites excluding steroid dienone is 1. The number of aliphatic hydroxyl groups excluding tert-OH is 2. The van der Waals surface area contributed by atoms with E-state index in [0.29, 0.717) is 42.2 Å². The summed E-state index contributed by atoms with van der Waals surface area (Å²) >= 11 is 1.72. The maximum absolute atomic E-state index is 14.9. The van der Waals surface area contributed by atoms with Crippen LogP contribution in [0.5, 0.6) is 11.5 Å². The number of benzene rings is 4. The number of oxime groups is 1. The number of halogens is 1. The lowest BCUT2D eigenvalue weighted by molar-refractivity contribution is -0.384.